The van der Waals surface area contributed by atoms with Crippen LogP contribution >= 0.6 is 22.9 Å². The highest BCUT2D eigenvalue weighted by Crippen LogP contribution is 2.33. The number of rotatable bonds is 3. The summed E-state index contributed by atoms with van der Waals surface area (Å²) in [6, 6.07) is 12.1. The number of nitrogens with one attached hydrogen (secondary N) is 1. The number of aromatic amines is 1. The first-order chi connectivity index (χ1) is 8.76. The number of ether oxygens (including phenoxy) is 1. The molecule has 4 heteroatoms. The van der Waals surface area contributed by atoms with Gasteiger partial charge in [-0.05, 0) is 43.3 Å². The van der Waals surface area contributed by atoms with Crippen LogP contribution in [0.2, 0.25) is 4.34 Å². The second-order valence-electron chi connectivity index (χ2n) is 3.97. The molecular formula is C14H12ClNOS. The number of hydrogen-bond donors (Lipinski definition) is 1. The minimum absolute atomic E-state index is 0.684. The quantitative estimate of drug-likeness (QED) is 0.720. The number of H-pyrrole nitrogens is 1. The van der Waals surface area contributed by atoms with Crippen molar-refractivity contribution in [3.63, 3.8) is 0 Å². The van der Waals surface area contributed by atoms with Crippen molar-refractivity contribution in [2.75, 3.05) is 6.61 Å². The summed E-state index contributed by atoms with van der Waals surface area (Å²) in [5.41, 5.74) is 2.20. The normalized spacial score (nSPS) is 11.0. The Bertz CT molecular complexity index is 686. The van der Waals surface area contributed by atoms with E-state index in [0.29, 0.717) is 6.61 Å². The highest BCUT2D eigenvalue weighted by atomic mass is 35.5. The molecule has 1 N–H and O–H groups in total. The Morgan fingerprint density at radius 3 is 2.83 bits per heavy atom. The van der Waals surface area contributed by atoms with Crippen molar-refractivity contribution in [3.05, 3.63) is 40.7 Å². The second kappa shape index (κ2) is 4.67. The Morgan fingerprint density at radius 1 is 1.22 bits per heavy atom. The molecule has 2 heterocycles. The molecule has 0 aliphatic carbocycles. The van der Waals surface area contributed by atoms with Crippen LogP contribution in [0.3, 0.4) is 0 Å². The molecular weight excluding hydrogens is 266 g/mol. The molecule has 1 aromatic carbocycles. The van der Waals surface area contributed by atoms with Gasteiger partial charge in [0.2, 0.25) is 0 Å². The highest BCUT2D eigenvalue weighted by molar-refractivity contribution is 7.19. The third kappa shape index (κ3) is 2.11. The molecule has 92 valence electrons. The van der Waals surface area contributed by atoms with Gasteiger partial charge in [0, 0.05) is 10.9 Å². The summed E-state index contributed by atoms with van der Waals surface area (Å²) in [5.74, 6) is 0.903. The topological polar surface area (TPSA) is 25.0 Å². The number of benzene rings is 1. The third-order valence-electron chi connectivity index (χ3n) is 2.74. The molecule has 0 atom stereocenters. The average molecular weight is 278 g/mol. The van der Waals surface area contributed by atoms with Crippen molar-refractivity contribution in [3.8, 4) is 16.3 Å². The Labute approximate surface area is 114 Å². The van der Waals surface area contributed by atoms with Crippen molar-refractivity contribution >= 4 is 33.8 Å². The van der Waals surface area contributed by atoms with Gasteiger partial charge in [-0.25, -0.2) is 0 Å². The molecule has 0 aliphatic rings. The maximum atomic E-state index is 5.96. The van der Waals surface area contributed by atoms with Crippen LogP contribution < -0.4 is 4.74 Å². The van der Waals surface area contributed by atoms with Crippen molar-refractivity contribution in [1.82, 2.24) is 4.98 Å². The molecule has 0 bridgehead atoms. The largest absolute Gasteiger partial charge is 0.494 e. The van der Waals surface area contributed by atoms with E-state index in [1.807, 2.05) is 37.3 Å². The zero-order chi connectivity index (χ0) is 12.5. The highest BCUT2D eigenvalue weighted by Gasteiger charge is 2.06. The van der Waals surface area contributed by atoms with E-state index in [0.717, 1.165) is 31.6 Å². The van der Waals surface area contributed by atoms with Gasteiger partial charge in [-0.3, -0.25) is 0 Å². The van der Waals surface area contributed by atoms with E-state index in [1.165, 1.54) is 0 Å². The molecule has 2 aromatic heterocycles. The van der Waals surface area contributed by atoms with Crippen LogP contribution in [0.4, 0.5) is 0 Å². The van der Waals surface area contributed by atoms with Gasteiger partial charge in [0.05, 0.1) is 21.5 Å². The zero-order valence-corrected chi connectivity index (χ0v) is 11.4. The average Bonchev–Trinajstić information content (AvgIpc) is 2.94. The van der Waals surface area contributed by atoms with E-state index in [2.05, 4.69) is 11.1 Å². The molecule has 3 rings (SSSR count). The van der Waals surface area contributed by atoms with E-state index in [9.17, 15) is 0 Å². The standard InChI is InChI=1S/C14H12ClNOS/c1-2-17-10-3-4-11-9(7-10)8-12(16-11)13-5-6-14(15)18-13/h3-8,16H,2H2,1H3. The summed E-state index contributed by atoms with van der Waals surface area (Å²) in [4.78, 5) is 4.54. The van der Waals surface area contributed by atoms with Crippen molar-refractivity contribution < 1.29 is 4.74 Å². The molecule has 2 nitrogen and oxygen atoms in total. The van der Waals surface area contributed by atoms with Crippen molar-refractivity contribution in [1.29, 1.82) is 0 Å². The van der Waals surface area contributed by atoms with Crippen LogP contribution in [0.25, 0.3) is 21.5 Å². The lowest BCUT2D eigenvalue weighted by molar-refractivity contribution is 0.341. The molecule has 0 saturated carbocycles. The maximum Gasteiger partial charge on any atom is 0.120 e. The van der Waals surface area contributed by atoms with E-state index >= 15 is 0 Å². The van der Waals surface area contributed by atoms with Crippen LogP contribution in [-0.4, -0.2) is 11.6 Å². The first-order valence-corrected chi connectivity index (χ1v) is 6.97. The molecule has 18 heavy (non-hydrogen) atoms. The van der Waals surface area contributed by atoms with Gasteiger partial charge in [0.25, 0.3) is 0 Å². The van der Waals surface area contributed by atoms with E-state index in [4.69, 9.17) is 16.3 Å². The number of hydrogen-bond acceptors (Lipinski definition) is 2. The Morgan fingerprint density at radius 2 is 2.11 bits per heavy atom. The Balaban J connectivity index is 2.05. The number of aromatic nitrogens is 1. The number of halogens is 1. The fraction of sp³-hybridized carbons (Fsp3) is 0.143. The van der Waals surface area contributed by atoms with E-state index in [1.54, 1.807) is 11.3 Å². The Kier molecular flexibility index (Phi) is 3.02. The van der Waals surface area contributed by atoms with Gasteiger partial charge >= 0.3 is 0 Å². The van der Waals surface area contributed by atoms with Crippen LogP contribution in [0.15, 0.2) is 36.4 Å². The predicted octanol–water partition coefficient (Wildman–Crippen LogP) is 4.95. The van der Waals surface area contributed by atoms with E-state index < -0.39 is 0 Å². The first-order valence-electron chi connectivity index (χ1n) is 5.77. The smallest absolute Gasteiger partial charge is 0.120 e. The van der Waals surface area contributed by atoms with E-state index in [-0.39, 0.29) is 0 Å². The van der Waals surface area contributed by atoms with Crippen molar-refractivity contribution in [2.24, 2.45) is 0 Å². The van der Waals surface area contributed by atoms with Gasteiger partial charge in [0.1, 0.15) is 5.75 Å². The number of fused-ring (bicyclic) bond motifs is 1. The molecule has 3 aromatic rings. The summed E-state index contributed by atoms with van der Waals surface area (Å²) in [6.07, 6.45) is 0. The summed E-state index contributed by atoms with van der Waals surface area (Å²) in [6.45, 7) is 2.67. The summed E-state index contributed by atoms with van der Waals surface area (Å²) < 4.78 is 6.30. The summed E-state index contributed by atoms with van der Waals surface area (Å²) >= 11 is 7.53. The molecule has 0 saturated heterocycles. The fourth-order valence-corrected chi connectivity index (χ4v) is 2.97. The predicted molar refractivity (Wildman–Crippen MR) is 77.8 cm³/mol. The lowest BCUT2D eigenvalue weighted by Crippen LogP contribution is -1.90. The summed E-state index contributed by atoms with van der Waals surface area (Å²) in [7, 11) is 0. The van der Waals surface area contributed by atoms with Gasteiger partial charge in [-0.2, -0.15) is 0 Å². The molecule has 0 fully saturated rings. The van der Waals surface area contributed by atoms with Gasteiger partial charge in [-0.1, -0.05) is 11.6 Å². The van der Waals surface area contributed by atoms with Crippen LogP contribution in [0.1, 0.15) is 6.92 Å². The van der Waals surface area contributed by atoms with Gasteiger partial charge < -0.3 is 9.72 Å². The minimum atomic E-state index is 0.684. The lowest BCUT2D eigenvalue weighted by Gasteiger charge is -2.01. The van der Waals surface area contributed by atoms with Gasteiger partial charge in [0.15, 0.2) is 0 Å². The minimum Gasteiger partial charge on any atom is -0.494 e. The Hall–Kier alpha value is -1.45. The zero-order valence-electron chi connectivity index (χ0n) is 9.87. The second-order valence-corrected chi connectivity index (χ2v) is 5.68. The van der Waals surface area contributed by atoms with Crippen LogP contribution in [-0.2, 0) is 0 Å². The molecule has 0 unspecified atom stereocenters. The maximum absolute atomic E-state index is 5.96. The lowest BCUT2D eigenvalue weighted by atomic mass is 10.2. The molecule has 0 amide bonds. The molecule has 0 aliphatic heterocycles. The first kappa shape index (κ1) is 11.6. The third-order valence-corrected chi connectivity index (χ3v) is 4.01. The van der Waals surface area contributed by atoms with Crippen LogP contribution in [0.5, 0.6) is 5.75 Å². The monoisotopic (exact) mass is 277 g/mol. The molecule has 0 spiro atoms. The molecule has 0 radical (unpaired) electrons. The SMILES string of the molecule is CCOc1ccc2[nH]c(-c3ccc(Cl)s3)cc2c1. The van der Waals surface area contributed by atoms with Crippen LogP contribution in [0, 0.1) is 0 Å². The number of thiophene rings is 1. The summed E-state index contributed by atoms with van der Waals surface area (Å²) in [5, 5.41) is 1.15. The van der Waals surface area contributed by atoms with Gasteiger partial charge in [-0.15, -0.1) is 11.3 Å². The van der Waals surface area contributed by atoms with Crippen molar-refractivity contribution in [2.45, 2.75) is 6.92 Å². The fourth-order valence-electron chi connectivity index (χ4n) is 1.96.